The molecule has 1 fully saturated rings. The second-order valence-corrected chi connectivity index (χ2v) is 6.28. The zero-order valence-corrected chi connectivity index (χ0v) is 13.4. The van der Waals surface area contributed by atoms with Gasteiger partial charge < -0.3 is 15.4 Å². The van der Waals surface area contributed by atoms with Crippen LogP contribution in [0.1, 0.15) is 32.1 Å². The Bertz CT molecular complexity index is 267. The van der Waals surface area contributed by atoms with Crippen molar-refractivity contribution in [2.24, 2.45) is 10.4 Å². The molecule has 0 aromatic heterocycles. The first kappa shape index (κ1) is 16.6. The van der Waals surface area contributed by atoms with Gasteiger partial charge in [-0.25, -0.2) is 0 Å². The lowest BCUT2D eigenvalue weighted by atomic mass is 9.67. The SMILES string of the molecule is CN=C(NCCCSC)NCC1(CCOC)CCC1. The molecule has 0 aromatic rings. The molecule has 0 heterocycles. The van der Waals surface area contributed by atoms with E-state index in [0.717, 1.165) is 32.1 Å². The number of guanidine groups is 1. The van der Waals surface area contributed by atoms with Crippen LogP contribution in [0.2, 0.25) is 0 Å². The third kappa shape index (κ3) is 6.04. The number of methoxy groups -OCH3 is 1. The van der Waals surface area contributed by atoms with E-state index in [1.54, 1.807) is 7.11 Å². The van der Waals surface area contributed by atoms with Crippen molar-refractivity contribution >= 4 is 17.7 Å². The number of nitrogens with zero attached hydrogens (tertiary/aromatic N) is 1. The molecule has 0 radical (unpaired) electrons. The van der Waals surface area contributed by atoms with Crippen molar-refractivity contribution in [1.29, 1.82) is 0 Å². The fourth-order valence-corrected chi connectivity index (χ4v) is 2.86. The van der Waals surface area contributed by atoms with Gasteiger partial charge in [0.05, 0.1) is 0 Å². The van der Waals surface area contributed by atoms with Crippen molar-refractivity contribution in [3.63, 3.8) is 0 Å². The number of nitrogens with one attached hydrogen (secondary N) is 2. The second-order valence-electron chi connectivity index (χ2n) is 5.30. The zero-order valence-electron chi connectivity index (χ0n) is 12.6. The number of ether oxygens (including phenoxy) is 1. The van der Waals surface area contributed by atoms with Crippen LogP contribution in [-0.4, -0.2) is 51.8 Å². The van der Waals surface area contributed by atoms with Gasteiger partial charge in [-0.05, 0) is 43.1 Å². The molecule has 0 spiro atoms. The molecule has 0 atom stereocenters. The van der Waals surface area contributed by atoms with Crippen LogP contribution in [0.25, 0.3) is 0 Å². The first-order valence-corrected chi connectivity index (χ1v) is 8.58. The highest BCUT2D eigenvalue weighted by Gasteiger charge is 2.36. The lowest BCUT2D eigenvalue weighted by Gasteiger charge is -2.42. The highest BCUT2D eigenvalue weighted by Crippen LogP contribution is 2.43. The minimum Gasteiger partial charge on any atom is -0.385 e. The summed E-state index contributed by atoms with van der Waals surface area (Å²) >= 11 is 1.89. The maximum absolute atomic E-state index is 5.22. The van der Waals surface area contributed by atoms with Crippen molar-refractivity contribution in [2.45, 2.75) is 32.1 Å². The second kappa shape index (κ2) is 9.48. The van der Waals surface area contributed by atoms with E-state index in [1.807, 2.05) is 18.8 Å². The van der Waals surface area contributed by atoms with E-state index in [0.29, 0.717) is 5.41 Å². The minimum atomic E-state index is 0.437. The molecule has 0 saturated heterocycles. The molecule has 0 amide bonds. The first-order chi connectivity index (χ1) is 9.26. The summed E-state index contributed by atoms with van der Waals surface area (Å²) in [5.41, 5.74) is 0.437. The van der Waals surface area contributed by atoms with Gasteiger partial charge >= 0.3 is 0 Å². The summed E-state index contributed by atoms with van der Waals surface area (Å²) in [5, 5.41) is 6.85. The number of hydrogen-bond acceptors (Lipinski definition) is 3. The molecule has 1 aliphatic carbocycles. The topological polar surface area (TPSA) is 45.7 Å². The van der Waals surface area contributed by atoms with Crippen LogP contribution in [0.4, 0.5) is 0 Å². The van der Waals surface area contributed by atoms with Gasteiger partial charge in [0, 0.05) is 33.9 Å². The van der Waals surface area contributed by atoms with Crippen molar-refractivity contribution in [1.82, 2.24) is 10.6 Å². The van der Waals surface area contributed by atoms with Crippen LogP contribution in [0, 0.1) is 5.41 Å². The third-order valence-corrected chi connectivity index (χ3v) is 4.62. The summed E-state index contributed by atoms with van der Waals surface area (Å²) in [5.74, 6) is 2.13. The molecule has 1 rings (SSSR count). The molecule has 0 unspecified atom stereocenters. The Morgan fingerprint density at radius 1 is 1.37 bits per heavy atom. The molecule has 19 heavy (non-hydrogen) atoms. The number of thioether (sulfide) groups is 1. The Kier molecular flexibility index (Phi) is 8.30. The van der Waals surface area contributed by atoms with E-state index in [9.17, 15) is 0 Å². The Labute approximate surface area is 122 Å². The normalized spacial score (nSPS) is 17.9. The largest absolute Gasteiger partial charge is 0.385 e. The fraction of sp³-hybridized carbons (Fsp3) is 0.929. The summed E-state index contributed by atoms with van der Waals surface area (Å²) in [6, 6.07) is 0. The quantitative estimate of drug-likeness (QED) is 0.387. The molecule has 0 aromatic carbocycles. The standard InChI is InChI=1S/C14H29N3OS/c1-15-13(16-9-5-11-19-3)17-12-14(6-4-7-14)8-10-18-2/h4-12H2,1-3H3,(H2,15,16,17). The van der Waals surface area contributed by atoms with Crippen LogP contribution in [0.3, 0.4) is 0 Å². The Morgan fingerprint density at radius 2 is 2.16 bits per heavy atom. The summed E-state index contributed by atoms with van der Waals surface area (Å²) in [6.07, 6.45) is 8.45. The summed E-state index contributed by atoms with van der Waals surface area (Å²) < 4.78 is 5.22. The number of rotatable bonds is 9. The number of hydrogen-bond donors (Lipinski definition) is 2. The summed E-state index contributed by atoms with van der Waals surface area (Å²) in [4.78, 5) is 4.28. The van der Waals surface area contributed by atoms with Crippen molar-refractivity contribution in [3.05, 3.63) is 0 Å². The van der Waals surface area contributed by atoms with Gasteiger partial charge in [-0.2, -0.15) is 11.8 Å². The molecule has 1 saturated carbocycles. The van der Waals surface area contributed by atoms with Crippen molar-refractivity contribution in [3.8, 4) is 0 Å². The van der Waals surface area contributed by atoms with Gasteiger partial charge in [0.15, 0.2) is 5.96 Å². The van der Waals surface area contributed by atoms with Crippen LogP contribution in [0.15, 0.2) is 4.99 Å². The maximum Gasteiger partial charge on any atom is 0.190 e. The zero-order chi connectivity index (χ0) is 14.0. The average molecular weight is 287 g/mol. The molecule has 1 aliphatic rings. The fourth-order valence-electron chi connectivity index (χ4n) is 2.43. The Balaban J connectivity index is 2.23. The Morgan fingerprint density at radius 3 is 2.68 bits per heavy atom. The van der Waals surface area contributed by atoms with Crippen LogP contribution in [-0.2, 0) is 4.74 Å². The van der Waals surface area contributed by atoms with Gasteiger partial charge in [-0.15, -0.1) is 0 Å². The lowest BCUT2D eigenvalue weighted by molar-refractivity contribution is 0.0732. The van der Waals surface area contributed by atoms with Gasteiger partial charge in [0.25, 0.3) is 0 Å². The van der Waals surface area contributed by atoms with E-state index in [2.05, 4.69) is 21.9 Å². The van der Waals surface area contributed by atoms with Crippen molar-refractivity contribution in [2.75, 3.05) is 45.9 Å². The molecule has 4 nitrogen and oxygen atoms in total. The molecule has 0 aliphatic heterocycles. The average Bonchev–Trinajstić information content (AvgIpc) is 2.39. The summed E-state index contributed by atoms with van der Waals surface area (Å²) in [6.45, 7) is 2.87. The minimum absolute atomic E-state index is 0.437. The van der Waals surface area contributed by atoms with Gasteiger partial charge in [0.1, 0.15) is 0 Å². The van der Waals surface area contributed by atoms with Crippen LogP contribution >= 0.6 is 11.8 Å². The first-order valence-electron chi connectivity index (χ1n) is 7.19. The lowest BCUT2D eigenvalue weighted by Crippen LogP contribution is -2.47. The molecule has 2 N–H and O–H groups in total. The summed E-state index contributed by atoms with van der Waals surface area (Å²) in [7, 11) is 3.62. The highest BCUT2D eigenvalue weighted by molar-refractivity contribution is 7.98. The predicted octanol–water partition coefficient (Wildman–Crippen LogP) is 2.11. The molecular weight excluding hydrogens is 258 g/mol. The molecule has 5 heteroatoms. The predicted molar refractivity (Wildman–Crippen MR) is 85.1 cm³/mol. The van der Waals surface area contributed by atoms with Gasteiger partial charge in [-0.1, -0.05) is 6.42 Å². The Hall–Kier alpha value is -0.420. The smallest absolute Gasteiger partial charge is 0.190 e. The van der Waals surface area contributed by atoms with Crippen LogP contribution in [0.5, 0.6) is 0 Å². The van der Waals surface area contributed by atoms with E-state index >= 15 is 0 Å². The van der Waals surface area contributed by atoms with E-state index in [4.69, 9.17) is 4.74 Å². The molecule has 0 bridgehead atoms. The van der Waals surface area contributed by atoms with Crippen molar-refractivity contribution < 1.29 is 4.74 Å². The number of aliphatic imine (C=N–C) groups is 1. The molecular formula is C14H29N3OS. The van der Waals surface area contributed by atoms with E-state index in [1.165, 1.54) is 31.4 Å². The van der Waals surface area contributed by atoms with Gasteiger partial charge in [0.2, 0.25) is 0 Å². The monoisotopic (exact) mass is 287 g/mol. The van der Waals surface area contributed by atoms with Crippen LogP contribution < -0.4 is 10.6 Å². The van der Waals surface area contributed by atoms with E-state index < -0.39 is 0 Å². The van der Waals surface area contributed by atoms with Gasteiger partial charge in [-0.3, -0.25) is 4.99 Å². The highest BCUT2D eigenvalue weighted by atomic mass is 32.2. The molecule has 112 valence electrons. The maximum atomic E-state index is 5.22. The third-order valence-electron chi connectivity index (χ3n) is 3.92. The van der Waals surface area contributed by atoms with E-state index in [-0.39, 0.29) is 0 Å².